The molecule has 1 aromatic heterocycles. The van der Waals surface area contributed by atoms with Crippen molar-refractivity contribution in [1.29, 1.82) is 0 Å². The van der Waals surface area contributed by atoms with Crippen LogP contribution in [0.4, 0.5) is 5.69 Å². The van der Waals surface area contributed by atoms with E-state index in [-0.39, 0.29) is 5.56 Å². The zero-order valence-corrected chi connectivity index (χ0v) is 14.2. The monoisotopic (exact) mass is 320 g/mol. The molecular formula is C21H24N2O. The highest BCUT2D eigenvalue weighted by Gasteiger charge is 2.06. The highest BCUT2D eigenvalue weighted by molar-refractivity contribution is 5.93. The van der Waals surface area contributed by atoms with Gasteiger partial charge in [0.25, 0.3) is 5.56 Å². The van der Waals surface area contributed by atoms with Gasteiger partial charge in [0.2, 0.25) is 0 Å². The topological polar surface area (TPSA) is 34.0 Å². The van der Waals surface area contributed by atoms with Gasteiger partial charge in [-0.15, -0.1) is 0 Å². The Bertz CT molecular complexity index is 853. The van der Waals surface area contributed by atoms with Crippen molar-refractivity contribution in [3.63, 3.8) is 0 Å². The van der Waals surface area contributed by atoms with E-state index in [0.29, 0.717) is 0 Å². The second kappa shape index (κ2) is 7.82. The third-order valence-corrected chi connectivity index (χ3v) is 4.28. The SMILES string of the molecule is CCCn1ccc2c(NCCCc3ccccc3)cccc2c1=O. The number of hydrogen-bond donors (Lipinski definition) is 1. The Morgan fingerprint density at radius 1 is 0.958 bits per heavy atom. The van der Waals surface area contributed by atoms with Crippen molar-refractivity contribution in [2.75, 3.05) is 11.9 Å². The van der Waals surface area contributed by atoms with Crippen molar-refractivity contribution >= 4 is 16.5 Å². The Balaban J connectivity index is 1.71. The molecule has 0 radical (unpaired) electrons. The lowest BCUT2D eigenvalue weighted by atomic mass is 10.1. The number of pyridine rings is 1. The maximum atomic E-state index is 12.5. The fourth-order valence-electron chi connectivity index (χ4n) is 3.05. The van der Waals surface area contributed by atoms with Crippen molar-refractivity contribution in [2.24, 2.45) is 0 Å². The summed E-state index contributed by atoms with van der Waals surface area (Å²) in [4.78, 5) is 12.5. The number of aromatic nitrogens is 1. The van der Waals surface area contributed by atoms with E-state index in [9.17, 15) is 4.79 Å². The molecule has 1 N–H and O–H groups in total. The van der Waals surface area contributed by atoms with Crippen LogP contribution >= 0.6 is 0 Å². The van der Waals surface area contributed by atoms with E-state index in [1.54, 1.807) is 4.57 Å². The van der Waals surface area contributed by atoms with Gasteiger partial charge in [-0.2, -0.15) is 0 Å². The smallest absolute Gasteiger partial charge is 0.258 e. The van der Waals surface area contributed by atoms with Gasteiger partial charge >= 0.3 is 0 Å². The molecule has 3 nitrogen and oxygen atoms in total. The average molecular weight is 320 g/mol. The minimum atomic E-state index is 0.0993. The van der Waals surface area contributed by atoms with E-state index in [1.807, 2.05) is 30.5 Å². The number of hydrogen-bond acceptors (Lipinski definition) is 2. The molecule has 3 rings (SSSR count). The van der Waals surface area contributed by atoms with Crippen molar-refractivity contribution in [3.8, 4) is 0 Å². The Labute approximate surface area is 143 Å². The van der Waals surface area contributed by atoms with Crippen LogP contribution in [0.3, 0.4) is 0 Å². The van der Waals surface area contributed by atoms with Gasteiger partial charge in [-0.1, -0.05) is 43.3 Å². The summed E-state index contributed by atoms with van der Waals surface area (Å²) in [5.74, 6) is 0. The van der Waals surface area contributed by atoms with Crippen LogP contribution in [0, 0.1) is 0 Å². The van der Waals surface area contributed by atoms with Gasteiger partial charge in [0.05, 0.1) is 0 Å². The number of rotatable bonds is 7. The number of benzene rings is 2. The van der Waals surface area contributed by atoms with Gasteiger partial charge < -0.3 is 9.88 Å². The molecule has 1 heterocycles. The van der Waals surface area contributed by atoms with Gasteiger partial charge in [-0.3, -0.25) is 4.79 Å². The molecule has 0 spiro atoms. The number of nitrogens with one attached hydrogen (secondary N) is 1. The summed E-state index contributed by atoms with van der Waals surface area (Å²) in [6.07, 6.45) is 4.99. The van der Waals surface area contributed by atoms with E-state index in [0.717, 1.165) is 48.8 Å². The van der Waals surface area contributed by atoms with Crippen LogP contribution < -0.4 is 10.9 Å². The summed E-state index contributed by atoms with van der Waals surface area (Å²) in [7, 11) is 0. The Morgan fingerprint density at radius 2 is 1.79 bits per heavy atom. The average Bonchev–Trinajstić information content (AvgIpc) is 2.62. The lowest BCUT2D eigenvalue weighted by molar-refractivity contribution is 0.659. The van der Waals surface area contributed by atoms with E-state index in [4.69, 9.17) is 0 Å². The molecule has 3 aromatic rings. The molecule has 0 saturated carbocycles. The first-order valence-electron chi connectivity index (χ1n) is 8.69. The minimum absolute atomic E-state index is 0.0993. The molecule has 3 heteroatoms. The summed E-state index contributed by atoms with van der Waals surface area (Å²) in [5, 5.41) is 5.29. The second-order valence-electron chi connectivity index (χ2n) is 6.10. The van der Waals surface area contributed by atoms with Crippen LogP contribution in [0.25, 0.3) is 10.8 Å². The molecule has 0 amide bonds. The quantitative estimate of drug-likeness (QED) is 0.652. The molecule has 24 heavy (non-hydrogen) atoms. The predicted octanol–water partition coefficient (Wildman–Crippen LogP) is 4.46. The molecule has 0 fully saturated rings. The number of anilines is 1. The molecule has 0 aliphatic carbocycles. The summed E-state index contributed by atoms with van der Waals surface area (Å²) in [6, 6.07) is 18.5. The highest BCUT2D eigenvalue weighted by atomic mass is 16.1. The van der Waals surface area contributed by atoms with Gasteiger partial charge in [-0.05, 0) is 43.0 Å². The molecular weight excluding hydrogens is 296 g/mol. The lowest BCUT2D eigenvalue weighted by Gasteiger charge is -2.11. The maximum absolute atomic E-state index is 12.5. The van der Waals surface area contributed by atoms with Crippen molar-refractivity contribution in [3.05, 3.63) is 76.7 Å². The first kappa shape index (κ1) is 16.3. The van der Waals surface area contributed by atoms with Crippen molar-refractivity contribution in [1.82, 2.24) is 4.57 Å². The Hall–Kier alpha value is -2.55. The van der Waals surface area contributed by atoms with Crippen molar-refractivity contribution in [2.45, 2.75) is 32.7 Å². The van der Waals surface area contributed by atoms with Gasteiger partial charge in [0, 0.05) is 35.7 Å². The number of aryl methyl sites for hydroxylation is 2. The van der Waals surface area contributed by atoms with Gasteiger partial charge in [-0.25, -0.2) is 0 Å². The second-order valence-corrected chi connectivity index (χ2v) is 6.10. The fourth-order valence-corrected chi connectivity index (χ4v) is 3.05. The first-order valence-corrected chi connectivity index (χ1v) is 8.69. The van der Waals surface area contributed by atoms with E-state index in [2.05, 4.69) is 42.6 Å². The fraction of sp³-hybridized carbons (Fsp3) is 0.286. The molecule has 124 valence electrons. The summed E-state index contributed by atoms with van der Waals surface area (Å²) < 4.78 is 1.79. The minimum Gasteiger partial charge on any atom is -0.385 e. The van der Waals surface area contributed by atoms with Crippen LogP contribution in [-0.4, -0.2) is 11.1 Å². The Morgan fingerprint density at radius 3 is 2.58 bits per heavy atom. The van der Waals surface area contributed by atoms with Crippen molar-refractivity contribution < 1.29 is 0 Å². The molecule has 0 saturated heterocycles. The largest absolute Gasteiger partial charge is 0.385 e. The predicted molar refractivity (Wildman–Crippen MR) is 102 cm³/mol. The third-order valence-electron chi connectivity index (χ3n) is 4.28. The van der Waals surface area contributed by atoms with E-state index >= 15 is 0 Å². The lowest BCUT2D eigenvalue weighted by Crippen LogP contribution is -2.19. The summed E-state index contributed by atoms with van der Waals surface area (Å²) in [6.45, 7) is 3.75. The highest BCUT2D eigenvalue weighted by Crippen LogP contribution is 2.20. The van der Waals surface area contributed by atoms with Gasteiger partial charge in [0.15, 0.2) is 0 Å². The van der Waals surface area contributed by atoms with Gasteiger partial charge in [0.1, 0.15) is 0 Å². The normalized spacial score (nSPS) is 10.9. The summed E-state index contributed by atoms with van der Waals surface area (Å²) >= 11 is 0. The molecule has 0 atom stereocenters. The van der Waals surface area contributed by atoms with E-state index < -0.39 is 0 Å². The molecule has 0 bridgehead atoms. The van der Waals surface area contributed by atoms with Crippen LogP contribution in [0.1, 0.15) is 25.3 Å². The van der Waals surface area contributed by atoms with Crippen LogP contribution in [0.2, 0.25) is 0 Å². The zero-order valence-electron chi connectivity index (χ0n) is 14.2. The van der Waals surface area contributed by atoms with Crippen LogP contribution in [0.15, 0.2) is 65.6 Å². The number of fused-ring (bicyclic) bond motifs is 1. The number of nitrogens with zero attached hydrogens (tertiary/aromatic N) is 1. The molecule has 0 aliphatic heterocycles. The third kappa shape index (κ3) is 3.67. The van der Waals surface area contributed by atoms with Crippen LogP contribution in [0.5, 0.6) is 0 Å². The first-order chi connectivity index (χ1) is 11.8. The standard InChI is InChI=1S/C21H24N2O/c1-2-15-23-16-13-18-19(21(23)24)11-6-12-20(18)22-14-7-10-17-8-4-3-5-9-17/h3-6,8-9,11-13,16,22H,2,7,10,14-15H2,1H3. The maximum Gasteiger partial charge on any atom is 0.258 e. The summed E-state index contributed by atoms with van der Waals surface area (Å²) in [5.41, 5.74) is 2.50. The molecule has 2 aromatic carbocycles. The Kier molecular flexibility index (Phi) is 5.32. The molecule has 0 aliphatic rings. The molecule has 0 unspecified atom stereocenters. The zero-order chi connectivity index (χ0) is 16.8. The van der Waals surface area contributed by atoms with Crippen LogP contribution in [-0.2, 0) is 13.0 Å². The van der Waals surface area contributed by atoms with E-state index in [1.165, 1.54) is 5.56 Å².